The number of amides is 1. The standard InChI is InChI=1S/C17H17FN4OS/c1-22-13(7-9-20-22)6-8-19-17(23)15-11-24-16(21-15)10-12-4-2-3-5-14(12)18/h2-5,7,9,11H,6,8,10H2,1H3,(H,19,23). The molecule has 0 unspecified atom stereocenters. The van der Waals surface area contributed by atoms with Gasteiger partial charge in [-0.1, -0.05) is 18.2 Å². The molecule has 5 nitrogen and oxygen atoms in total. The van der Waals surface area contributed by atoms with Crippen LogP contribution in [0.4, 0.5) is 4.39 Å². The van der Waals surface area contributed by atoms with Crippen LogP contribution in [0.3, 0.4) is 0 Å². The zero-order valence-corrected chi connectivity index (χ0v) is 14.0. The van der Waals surface area contributed by atoms with Gasteiger partial charge >= 0.3 is 0 Å². The Kier molecular flexibility index (Phi) is 5.00. The molecule has 124 valence electrons. The SMILES string of the molecule is Cn1nccc1CCNC(=O)c1csc(Cc2ccccc2F)n1. The van der Waals surface area contributed by atoms with Gasteiger partial charge in [-0.15, -0.1) is 11.3 Å². The fourth-order valence-corrected chi connectivity index (χ4v) is 3.14. The molecule has 0 fully saturated rings. The van der Waals surface area contributed by atoms with Crippen molar-refractivity contribution in [1.29, 1.82) is 0 Å². The van der Waals surface area contributed by atoms with Crippen LogP contribution in [0.1, 0.15) is 26.8 Å². The highest BCUT2D eigenvalue weighted by Gasteiger charge is 2.12. The predicted molar refractivity (Wildman–Crippen MR) is 90.6 cm³/mol. The molecule has 0 saturated heterocycles. The highest BCUT2D eigenvalue weighted by molar-refractivity contribution is 7.09. The van der Waals surface area contributed by atoms with Crippen LogP contribution in [0.15, 0.2) is 41.9 Å². The van der Waals surface area contributed by atoms with Gasteiger partial charge in [0.05, 0.1) is 5.01 Å². The van der Waals surface area contributed by atoms with Crippen molar-refractivity contribution in [3.8, 4) is 0 Å². The molecule has 0 aliphatic heterocycles. The topological polar surface area (TPSA) is 59.8 Å². The second-order valence-electron chi connectivity index (χ2n) is 5.35. The number of thiazole rings is 1. The number of rotatable bonds is 6. The summed E-state index contributed by atoms with van der Waals surface area (Å²) < 4.78 is 15.4. The van der Waals surface area contributed by atoms with Crippen molar-refractivity contribution in [1.82, 2.24) is 20.1 Å². The van der Waals surface area contributed by atoms with Crippen molar-refractivity contribution in [3.05, 3.63) is 69.7 Å². The Morgan fingerprint density at radius 3 is 2.92 bits per heavy atom. The van der Waals surface area contributed by atoms with Gasteiger partial charge < -0.3 is 5.32 Å². The molecule has 0 aliphatic rings. The normalized spacial score (nSPS) is 10.8. The van der Waals surface area contributed by atoms with Crippen LogP contribution >= 0.6 is 11.3 Å². The molecular formula is C17H17FN4OS. The lowest BCUT2D eigenvalue weighted by Crippen LogP contribution is -2.26. The molecule has 0 spiro atoms. The van der Waals surface area contributed by atoms with Gasteiger partial charge in [-0.3, -0.25) is 9.48 Å². The molecule has 0 aliphatic carbocycles. The molecule has 1 N–H and O–H groups in total. The van der Waals surface area contributed by atoms with Gasteiger partial charge in [-0.2, -0.15) is 5.10 Å². The minimum absolute atomic E-state index is 0.215. The summed E-state index contributed by atoms with van der Waals surface area (Å²) in [5, 5.41) is 9.35. The second kappa shape index (κ2) is 7.35. The van der Waals surface area contributed by atoms with E-state index in [1.165, 1.54) is 17.4 Å². The van der Waals surface area contributed by atoms with Gasteiger partial charge in [0, 0.05) is 43.7 Å². The summed E-state index contributed by atoms with van der Waals surface area (Å²) in [5.41, 5.74) is 2.00. The summed E-state index contributed by atoms with van der Waals surface area (Å²) in [6.45, 7) is 0.512. The van der Waals surface area contributed by atoms with E-state index in [2.05, 4.69) is 15.4 Å². The molecule has 0 radical (unpaired) electrons. The zero-order valence-electron chi connectivity index (χ0n) is 13.2. The number of aryl methyl sites for hydroxylation is 1. The highest BCUT2D eigenvalue weighted by atomic mass is 32.1. The lowest BCUT2D eigenvalue weighted by Gasteiger charge is -2.04. The average Bonchev–Trinajstić information content (AvgIpc) is 3.19. The third kappa shape index (κ3) is 3.86. The number of carbonyl (C=O) groups is 1. The Morgan fingerprint density at radius 1 is 1.33 bits per heavy atom. The molecule has 0 atom stereocenters. The number of hydrogen-bond donors (Lipinski definition) is 1. The summed E-state index contributed by atoms with van der Waals surface area (Å²) in [4.78, 5) is 16.4. The van der Waals surface area contributed by atoms with Crippen LogP contribution in [-0.2, 0) is 19.9 Å². The maximum absolute atomic E-state index is 13.7. The third-order valence-corrected chi connectivity index (χ3v) is 4.52. The maximum atomic E-state index is 13.7. The summed E-state index contributed by atoms with van der Waals surface area (Å²) in [7, 11) is 1.87. The summed E-state index contributed by atoms with van der Waals surface area (Å²) in [5.74, 6) is -0.469. The van der Waals surface area contributed by atoms with Crippen molar-refractivity contribution in [2.24, 2.45) is 7.05 Å². The van der Waals surface area contributed by atoms with Crippen LogP contribution < -0.4 is 5.32 Å². The number of hydrogen-bond acceptors (Lipinski definition) is 4. The van der Waals surface area contributed by atoms with Crippen LogP contribution in [0, 0.1) is 5.82 Å². The van der Waals surface area contributed by atoms with Crippen molar-refractivity contribution in [2.45, 2.75) is 12.8 Å². The van der Waals surface area contributed by atoms with E-state index in [0.29, 0.717) is 30.6 Å². The largest absolute Gasteiger partial charge is 0.350 e. The first kappa shape index (κ1) is 16.3. The maximum Gasteiger partial charge on any atom is 0.270 e. The minimum atomic E-state index is -0.255. The molecule has 2 heterocycles. The minimum Gasteiger partial charge on any atom is -0.350 e. The number of nitrogens with one attached hydrogen (secondary N) is 1. The van der Waals surface area contributed by atoms with Crippen molar-refractivity contribution < 1.29 is 9.18 Å². The second-order valence-corrected chi connectivity index (χ2v) is 6.29. The third-order valence-electron chi connectivity index (χ3n) is 3.67. The van der Waals surface area contributed by atoms with E-state index >= 15 is 0 Å². The molecule has 24 heavy (non-hydrogen) atoms. The number of benzene rings is 1. The monoisotopic (exact) mass is 344 g/mol. The van der Waals surface area contributed by atoms with Gasteiger partial charge in [0.1, 0.15) is 11.5 Å². The first-order valence-corrected chi connectivity index (χ1v) is 8.44. The zero-order chi connectivity index (χ0) is 16.9. The predicted octanol–water partition coefficient (Wildman–Crippen LogP) is 2.58. The molecule has 0 bridgehead atoms. The van der Waals surface area contributed by atoms with Gasteiger partial charge in [0.15, 0.2) is 0 Å². The van der Waals surface area contributed by atoms with Crippen molar-refractivity contribution >= 4 is 17.2 Å². The first-order chi connectivity index (χ1) is 11.6. The summed E-state index contributed by atoms with van der Waals surface area (Å²) in [6.07, 6.45) is 2.82. The van der Waals surface area contributed by atoms with E-state index in [-0.39, 0.29) is 11.7 Å². The molecule has 1 aromatic carbocycles. The van der Waals surface area contributed by atoms with Gasteiger partial charge in [0.2, 0.25) is 0 Å². The Bertz CT molecular complexity index is 842. The van der Waals surface area contributed by atoms with E-state index in [4.69, 9.17) is 0 Å². The lowest BCUT2D eigenvalue weighted by molar-refractivity contribution is 0.0949. The van der Waals surface area contributed by atoms with Crippen molar-refractivity contribution in [2.75, 3.05) is 6.54 Å². The number of nitrogens with zero attached hydrogens (tertiary/aromatic N) is 3. The van der Waals surface area contributed by atoms with E-state index in [1.54, 1.807) is 34.5 Å². The van der Waals surface area contributed by atoms with E-state index < -0.39 is 0 Å². The smallest absolute Gasteiger partial charge is 0.270 e. The Morgan fingerprint density at radius 2 is 2.17 bits per heavy atom. The number of aromatic nitrogens is 3. The molecule has 3 aromatic rings. The van der Waals surface area contributed by atoms with Gasteiger partial charge in [-0.25, -0.2) is 9.37 Å². The Hall–Kier alpha value is -2.54. The van der Waals surface area contributed by atoms with E-state index in [9.17, 15) is 9.18 Å². The van der Waals surface area contributed by atoms with E-state index in [1.807, 2.05) is 13.1 Å². The molecule has 7 heteroatoms. The van der Waals surface area contributed by atoms with Gasteiger partial charge in [0.25, 0.3) is 5.91 Å². The fraction of sp³-hybridized carbons (Fsp3) is 0.235. The van der Waals surface area contributed by atoms with Crippen LogP contribution in [-0.4, -0.2) is 27.2 Å². The van der Waals surface area contributed by atoms with Crippen LogP contribution in [0.25, 0.3) is 0 Å². The summed E-state index contributed by atoms with van der Waals surface area (Å²) in [6, 6.07) is 8.51. The molecule has 3 rings (SSSR count). The van der Waals surface area contributed by atoms with Crippen LogP contribution in [0.2, 0.25) is 0 Å². The number of halogens is 1. The Balaban J connectivity index is 1.56. The van der Waals surface area contributed by atoms with Crippen LogP contribution in [0.5, 0.6) is 0 Å². The molecule has 0 saturated carbocycles. The summed E-state index contributed by atoms with van der Waals surface area (Å²) >= 11 is 1.36. The first-order valence-electron chi connectivity index (χ1n) is 7.56. The highest BCUT2D eigenvalue weighted by Crippen LogP contribution is 2.17. The number of carbonyl (C=O) groups excluding carboxylic acids is 1. The Labute approximate surface area is 143 Å². The molecule has 2 aromatic heterocycles. The van der Waals surface area contributed by atoms with Crippen molar-refractivity contribution in [3.63, 3.8) is 0 Å². The molecular weight excluding hydrogens is 327 g/mol. The lowest BCUT2D eigenvalue weighted by atomic mass is 10.1. The fourth-order valence-electron chi connectivity index (χ4n) is 2.34. The average molecular weight is 344 g/mol. The quantitative estimate of drug-likeness (QED) is 0.748. The molecule has 1 amide bonds. The van der Waals surface area contributed by atoms with E-state index in [0.717, 1.165) is 10.7 Å². The van der Waals surface area contributed by atoms with Gasteiger partial charge in [-0.05, 0) is 17.7 Å².